The molecule has 0 radical (unpaired) electrons. The molecule has 3 rings (SSSR count). The number of nitrogens with one attached hydrogen (secondary N) is 1. The summed E-state index contributed by atoms with van der Waals surface area (Å²) in [7, 11) is 0. The summed E-state index contributed by atoms with van der Waals surface area (Å²) in [4.78, 5) is 34.7. The van der Waals surface area contributed by atoms with E-state index in [1.807, 2.05) is 32.0 Å². The Balaban J connectivity index is 1.76. The maximum atomic E-state index is 12.7. The molecule has 1 aromatic heterocycles. The van der Waals surface area contributed by atoms with Crippen molar-refractivity contribution in [2.75, 3.05) is 16.9 Å². The van der Waals surface area contributed by atoms with Crippen LogP contribution >= 0.6 is 11.8 Å². The highest BCUT2D eigenvalue weighted by molar-refractivity contribution is 7.99. The molecule has 1 atom stereocenters. The first kappa shape index (κ1) is 16.4. The van der Waals surface area contributed by atoms with Gasteiger partial charge in [-0.1, -0.05) is 12.1 Å². The van der Waals surface area contributed by atoms with Crippen molar-refractivity contribution in [1.82, 2.24) is 14.9 Å². The van der Waals surface area contributed by atoms with Crippen LogP contribution in [0.15, 0.2) is 36.8 Å². The number of hydrogen-bond acceptors (Lipinski definition) is 5. The van der Waals surface area contributed by atoms with Gasteiger partial charge in [0.05, 0.1) is 12.1 Å². The predicted octanol–water partition coefficient (Wildman–Crippen LogP) is 2.25. The van der Waals surface area contributed by atoms with Gasteiger partial charge in [-0.2, -0.15) is 0 Å². The second-order valence-corrected chi connectivity index (χ2v) is 6.62. The van der Waals surface area contributed by atoms with Crippen molar-refractivity contribution in [3.05, 3.63) is 53.6 Å². The minimum absolute atomic E-state index is 0.175. The molecule has 0 aliphatic carbocycles. The van der Waals surface area contributed by atoms with Crippen molar-refractivity contribution in [2.45, 2.75) is 19.9 Å². The molecule has 124 valence electrons. The number of thioether (sulfide) groups is 1. The Morgan fingerprint density at radius 3 is 2.88 bits per heavy atom. The molecule has 2 amide bonds. The summed E-state index contributed by atoms with van der Waals surface area (Å²) in [5.41, 5.74) is 3.18. The third-order valence-electron chi connectivity index (χ3n) is 4.09. The molecule has 1 N–H and O–H groups in total. The fraction of sp³-hybridized carbons (Fsp3) is 0.294. The molecular formula is C17H18N4O2S. The van der Waals surface area contributed by atoms with Gasteiger partial charge in [0.1, 0.15) is 11.7 Å². The van der Waals surface area contributed by atoms with E-state index in [1.54, 1.807) is 16.7 Å². The number of benzene rings is 1. The van der Waals surface area contributed by atoms with Crippen LogP contribution in [0.25, 0.3) is 0 Å². The molecule has 0 spiro atoms. The zero-order valence-corrected chi connectivity index (χ0v) is 14.3. The normalized spacial score (nSPS) is 16.9. The first-order valence-corrected chi connectivity index (χ1v) is 8.75. The Kier molecular flexibility index (Phi) is 4.80. The van der Waals surface area contributed by atoms with E-state index in [9.17, 15) is 9.59 Å². The van der Waals surface area contributed by atoms with Crippen LogP contribution in [-0.4, -0.2) is 44.4 Å². The van der Waals surface area contributed by atoms with Crippen LogP contribution < -0.4 is 5.32 Å². The third kappa shape index (κ3) is 3.26. The summed E-state index contributed by atoms with van der Waals surface area (Å²) in [5, 5.41) is 2.95. The van der Waals surface area contributed by atoms with E-state index in [-0.39, 0.29) is 17.5 Å². The number of hydrogen-bond donors (Lipinski definition) is 1. The van der Waals surface area contributed by atoms with Crippen molar-refractivity contribution < 1.29 is 9.59 Å². The standard InChI is InChI=1S/C17H18N4O2S/c1-11-4-3-5-13(12(11)2)20-16(22)15-9-24-10-21(15)17(23)14-8-18-6-7-19-14/h3-8,15H,9-10H2,1-2H3,(H,20,22)/t15-/m0/s1. The lowest BCUT2D eigenvalue weighted by atomic mass is 10.1. The molecule has 1 saturated heterocycles. The van der Waals surface area contributed by atoms with Gasteiger partial charge in [-0.25, -0.2) is 4.98 Å². The van der Waals surface area contributed by atoms with Crippen LogP contribution in [0, 0.1) is 13.8 Å². The summed E-state index contributed by atoms with van der Waals surface area (Å²) >= 11 is 1.56. The van der Waals surface area contributed by atoms with Crippen LogP contribution in [0.2, 0.25) is 0 Å². The van der Waals surface area contributed by atoms with Gasteiger partial charge in [0.2, 0.25) is 5.91 Å². The number of aromatic nitrogens is 2. The second kappa shape index (κ2) is 7.00. The average molecular weight is 342 g/mol. The van der Waals surface area contributed by atoms with Gasteiger partial charge >= 0.3 is 0 Å². The average Bonchev–Trinajstić information content (AvgIpc) is 3.09. The van der Waals surface area contributed by atoms with Crippen molar-refractivity contribution in [1.29, 1.82) is 0 Å². The van der Waals surface area contributed by atoms with E-state index in [4.69, 9.17) is 0 Å². The SMILES string of the molecule is Cc1cccc(NC(=O)[C@@H]2CSCN2C(=O)c2cnccn2)c1C. The molecule has 1 aliphatic heterocycles. The Morgan fingerprint density at radius 1 is 1.29 bits per heavy atom. The number of nitrogens with zero attached hydrogens (tertiary/aromatic N) is 3. The Morgan fingerprint density at radius 2 is 2.12 bits per heavy atom. The zero-order valence-electron chi connectivity index (χ0n) is 13.5. The molecule has 1 aliphatic rings. The van der Waals surface area contributed by atoms with Crippen molar-refractivity contribution in [2.24, 2.45) is 0 Å². The number of aryl methyl sites for hydroxylation is 1. The van der Waals surface area contributed by atoms with Crippen molar-refractivity contribution >= 4 is 29.3 Å². The van der Waals surface area contributed by atoms with Crippen molar-refractivity contribution in [3.63, 3.8) is 0 Å². The monoisotopic (exact) mass is 342 g/mol. The van der Waals surface area contributed by atoms with Gasteiger partial charge in [-0.15, -0.1) is 11.8 Å². The van der Waals surface area contributed by atoms with Crippen LogP contribution in [-0.2, 0) is 4.79 Å². The largest absolute Gasteiger partial charge is 0.324 e. The fourth-order valence-corrected chi connectivity index (χ4v) is 3.67. The molecule has 0 bridgehead atoms. The molecule has 6 nitrogen and oxygen atoms in total. The van der Waals surface area contributed by atoms with E-state index in [0.717, 1.165) is 16.8 Å². The van der Waals surface area contributed by atoms with Gasteiger partial charge in [-0.3, -0.25) is 14.6 Å². The molecule has 7 heteroatoms. The summed E-state index contributed by atoms with van der Waals surface area (Å²) in [6.07, 6.45) is 4.41. The highest BCUT2D eigenvalue weighted by atomic mass is 32.2. The van der Waals surface area contributed by atoms with Gasteiger partial charge in [0.25, 0.3) is 5.91 Å². The highest BCUT2D eigenvalue weighted by Gasteiger charge is 2.35. The molecular weight excluding hydrogens is 324 g/mol. The van der Waals surface area contributed by atoms with Crippen LogP contribution in [0.1, 0.15) is 21.6 Å². The smallest absolute Gasteiger partial charge is 0.275 e. The van der Waals surface area contributed by atoms with Crippen LogP contribution in [0.3, 0.4) is 0 Å². The first-order valence-electron chi connectivity index (χ1n) is 7.59. The maximum absolute atomic E-state index is 12.7. The number of anilines is 1. The van der Waals surface area contributed by atoms with Crippen LogP contribution in [0.4, 0.5) is 5.69 Å². The van der Waals surface area contributed by atoms with Gasteiger partial charge in [0.15, 0.2) is 0 Å². The van der Waals surface area contributed by atoms with E-state index in [2.05, 4.69) is 15.3 Å². The van der Waals surface area contributed by atoms with Crippen molar-refractivity contribution in [3.8, 4) is 0 Å². The van der Waals surface area contributed by atoms with Gasteiger partial charge in [-0.05, 0) is 31.0 Å². The lowest BCUT2D eigenvalue weighted by Crippen LogP contribution is -2.44. The molecule has 2 aromatic rings. The number of carbonyl (C=O) groups is 2. The minimum Gasteiger partial charge on any atom is -0.324 e. The van der Waals surface area contributed by atoms with E-state index in [1.165, 1.54) is 18.6 Å². The van der Waals surface area contributed by atoms with Gasteiger partial charge < -0.3 is 10.2 Å². The summed E-state index contributed by atoms with van der Waals surface area (Å²) in [6, 6.07) is 5.27. The number of rotatable bonds is 3. The molecule has 2 heterocycles. The number of carbonyl (C=O) groups excluding carboxylic acids is 2. The van der Waals surface area contributed by atoms with E-state index in [0.29, 0.717) is 11.6 Å². The predicted molar refractivity (Wildman–Crippen MR) is 93.9 cm³/mol. The molecule has 0 unspecified atom stereocenters. The van der Waals surface area contributed by atoms with E-state index >= 15 is 0 Å². The van der Waals surface area contributed by atoms with E-state index < -0.39 is 6.04 Å². The molecule has 1 fully saturated rings. The van der Waals surface area contributed by atoms with Gasteiger partial charge in [0, 0.05) is 23.8 Å². The lowest BCUT2D eigenvalue weighted by Gasteiger charge is -2.23. The maximum Gasteiger partial charge on any atom is 0.275 e. The summed E-state index contributed by atoms with van der Waals surface area (Å²) in [6.45, 7) is 3.97. The zero-order chi connectivity index (χ0) is 17.1. The Labute approximate surface area is 144 Å². The Hall–Kier alpha value is -2.41. The molecule has 1 aromatic carbocycles. The lowest BCUT2D eigenvalue weighted by molar-refractivity contribution is -0.119. The number of amides is 2. The minimum atomic E-state index is -0.510. The quantitative estimate of drug-likeness (QED) is 0.926. The summed E-state index contributed by atoms with van der Waals surface area (Å²) in [5.74, 6) is 0.600. The topological polar surface area (TPSA) is 75.2 Å². The fourth-order valence-electron chi connectivity index (χ4n) is 2.52. The third-order valence-corrected chi connectivity index (χ3v) is 5.10. The Bertz CT molecular complexity index is 766. The van der Waals surface area contributed by atoms with Crippen LogP contribution in [0.5, 0.6) is 0 Å². The second-order valence-electron chi connectivity index (χ2n) is 5.62. The molecule has 0 saturated carbocycles. The highest BCUT2D eigenvalue weighted by Crippen LogP contribution is 2.25. The molecule has 24 heavy (non-hydrogen) atoms. The first-order chi connectivity index (χ1) is 11.6. The summed E-state index contributed by atoms with van der Waals surface area (Å²) < 4.78 is 0.